The van der Waals surface area contributed by atoms with Crippen molar-refractivity contribution in [1.29, 1.82) is 0 Å². The number of halogens is 1. The van der Waals surface area contributed by atoms with Crippen LogP contribution in [0.2, 0.25) is 0 Å². The average Bonchev–Trinajstić information content (AvgIpc) is 2.89. The molecular formula is C23H40IN. The second kappa shape index (κ2) is 13.1. The van der Waals surface area contributed by atoms with Crippen molar-refractivity contribution in [3.05, 3.63) is 35.9 Å². The highest BCUT2D eigenvalue weighted by atomic mass is 127. The van der Waals surface area contributed by atoms with Crippen LogP contribution >= 0.6 is 24.0 Å². The van der Waals surface area contributed by atoms with E-state index in [4.69, 9.17) is 0 Å². The highest BCUT2D eigenvalue weighted by Gasteiger charge is 2.31. The molecule has 1 aliphatic rings. The molecule has 1 saturated heterocycles. The van der Waals surface area contributed by atoms with Crippen LogP contribution in [0.1, 0.15) is 90.0 Å². The van der Waals surface area contributed by atoms with E-state index in [2.05, 4.69) is 49.1 Å². The summed E-state index contributed by atoms with van der Waals surface area (Å²) in [6, 6.07) is 11.2. The van der Waals surface area contributed by atoms with Gasteiger partial charge in [0.2, 0.25) is 0 Å². The summed E-state index contributed by atoms with van der Waals surface area (Å²) in [4.78, 5) is 2.83. The van der Waals surface area contributed by atoms with Crippen molar-refractivity contribution in [3.63, 3.8) is 0 Å². The minimum Gasteiger partial charge on any atom is -0.298 e. The van der Waals surface area contributed by atoms with Gasteiger partial charge in [-0.25, -0.2) is 0 Å². The van der Waals surface area contributed by atoms with Crippen LogP contribution in [-0.4, -0.2) is 23.5 Å². The Morgan fingerprint density at radius 1 is 0.840 bits per heavy atom. The quantitative estimate of drug-likeness (QED) is 0.265. The van der Waals surface area contributed by atoms with Gasteiger partial charge in [0, 0.05) is 5.54 Å². The minimum absolute atomic E-state index is 0. The maximum Gasteiger partial charge on any atom is 0.0221 e. The zero-order valence-corrected chi connectivity index (χ0v) is 19.0. The molecule has 0 amide bonds. The number of rotatable bonds is 10. The molecule has 144 valence electrons. The summed E-state index contributed by atoms with van der Waals surface area (Å²) in [5, 5.41) is 0. The topological polar surface area (TPSA) is 3.24 Å². The third-order valence-corrected chi connectivity index (χ3v) is 5.87. The molecular weight excluding hydrogens is 417 g/mol. The molecule has 0 saturated carbocycles. The smallest absolute Gasteiger partial charge is 0.0221 e. The summed E-state index contributed by atoms with van der Waals surface area (Å²) in [6.45, 7) is 7.45. The Hall–Kier alpha value is -0.0900. The van der Waals surface area contributed by atoms with Crippen LogP contribution in [0.4, 0.5) is 0 Å². The molecule has 1 aliphatic heterocycles. The Balaban J connectivity index is 0.00000312. The molecule has 1 unspecified atom stereocenters. The van der Waals surface area contributed by atoms with Gasteiger partial charge in [-0.2, -0.15) is 0 Å². The van der Waals surface area contributed by atoms with Crippen LogP contribution in [0.3, 0.4) is 0 Å². The van der Waals surface area contributed by atoms with E-state index in [1.807, 2.05) is 0 Å². The Bertz CT molecular complexity index is 425. The Kier molecular flexibility index (Phi) is 12.1. The summed E-state index contributed by atoms with van der Waals surface area (Å²) in [6.07, 6.45) is 16.6. The molecule has 0 N–H and O–H groups in total. The summed E-state index contributed by atoms with van der Waals surface area (Å²) >= 11 is 0. The number of nitrogens with zero attached hydrogens (tertiary/aromatic N) is 1. The molecule has 1 nitrogen and oxygen atoms in total. The lowest BCUT2D eigenvalue weighted by Gasteiger charge is -2.42. The fourth-order valence-corrected chi connectivity index (χ4v) is 4.29. The zero-order valence-electron chi connectivity index (χ0n) is 16.6. The lowest BCUT2D eigenvalue weighted by Crippen LogP contribution is -2.48. The largest absolute Gasteiger partial charge is 0.298 e. The summed E-state index contributed by atoms with van der Waals surface area (Å²) in [7, 11) is 0. The molecule has 1 heterocycles. The highest BCUT2D eigenvalue weighted by Crippen LogP contribution is 2.30. The van der Waals surface area contributed by atoms with Gasteiger partial charge >= 0.3 is 0 Å². The second-order valence-electron chi connectivity index (χ2n) is 8.08. The van der Waals surface area contributed by atoms with Crippen molar-refractivity contribution in [2.24, 2.45) is 0 Å². The molecule has 1 aromatic carbocycles. The van der Waals surface area contributed by atoms with Gasteiger partial charge in [0.25, 0.3) is 0 Å². The van der Waals surface area contributed by atoms with Gasteiger partial charge in [0.05, 0.1) is 0 Å². The highest BCUT2D eigenvalue weighted by molar-refractivity contribution is 14.0. The van der Waals surface area contributed by atoms with E-state index in [0.717, 1.165) is 0 Å². The SMILES string of the molecule is CCCCCCCCC(C)(Cc1ccccc1)N1CCCCCC1.I. The molecule has 0 spiro atoms. The first kappa shape index (κ1) is 23.0. The van der Waals surface area contributed by atoms with Gasteiger partial charge in [0.1, 0.15) is 0 Å². The number of benzene rings is 1. The summed E-state index contributed by atoms with van der Waals surface area (Å²) in [5.41, 5.74) is 1.85. The summed E-state index contributed by atoms with van der Waals surface area (Å²) in [5.74, 6) is 0. The van der Waals surface area contributed by atoms with E-state index >= 15 is 0 Å². The van der Waals surface area contributed by atoms with E-state index in [0.29, 0.717) is 5.54 Å². The molecule has 2 heteroatoms. The first-order valence-corrected chi connectivity index (χ1v) is 10.5. The van der Waals surface area contributed by atoms with Crippen molar-refractivity contribution in [3.8, 4) is 0 Å². The monoisotopic (exact) mass is 457 g/mol. The first-order valence-electron chi connectivity index (χ1n) is 10.5. The lowest BCUT2D eigenvalue weighted by molar-refractivity contribution is 0.0950. The van der Waals surface area contributed by atoms with Crippen molar-refractivity contribution in [1.82, 2.24) is 4.90 Å². The molecule has 2 rings (SSSR count). The van der Waals surface area contributed by atoms with E-state index in [9.17, 15) is 0 Å². The third kappa shape index (κ3) is 8.43. The third-order valence-electron chi connectivity index (χ3n) is 5.87. The molecule has 1 aromatic rings. The Labute approximate surface area is 174 Å². The van der Waals surface area contributed by atoms with Gasteiger partial charge in [-0.3, -0.25) is 4.90 Å². The predicted molar refractivity (Wildman–Crippen MR) is 122 cm³/mol. The normalized spacial score (nSPS) is 18.2. The van der Waals surface area contributed by atoms with Crippen LogP contribution in [0.15, 0.2) is 30.3 Å². The second-order valence-corrected chi connectivity index (χ2v) is 8.08. The van der Waals surface area contributed by atoms with Crippen molar-refractivity contribution >= 4 is 24.0 Å². The van der Waals surface area contributed by atoms with Gasteiger partial charge in [0.15, 0.2) is 0 Å². The van der Waals surface area contributed by atoms with Crippen molar-refractivity contribution in [2.45, 2.75) is 96.4 Å². The molecule has 0 bridgehead atoms. The van der Waals surface area contributed by atoms with Gasteiger partial charge in [-0.1, -0.05) is 88.6 Å². The first-order chi connectivity index (χ1) is 11.7. The number of hydrogen-bond donors (Lipinski definition) is 0. The summed E-state index contributed by atoms with van der Waals surface area (Å²) < 4.78 is 0. The Morgan fingerprint density at radius 3 is 2.08 bits per heavy atom. The number of unbranched alkanes of at least 4 members (excludes halogenated alkanes) is 5. The van der Waals surface area contributed by atoms with Crippen LogP contribution in [0.5, 0.6) is 0 Å². The van der Waals surface area contributed by atoms with E-state index in [1.165, 1.54) is 95.7 Å². The Morgan fingerprint density at radius 2 is 1.44 bits per heavy atom. The van der Waals surface area contributed by atoms with Crippen LogP contribution in [0, 0.1) is 0 Å². The van der Waals surface area contributed by atoms with E-state index < -0.39 is 0 Å². The van der Waals surface area contributed by atoms with Crippen molar-refractivity contribution in [2.75, 3.05) is 13.1 Å². The molecule has 0 radical (unpaired) electrons. The number of hydrogen-bond acceptors (Lipinski definition) is 1. The maximum absolute atomic E-state index is 2.83. The van der Waals surface area contributed by atoms with Gasteiger partial charge in [-0.05, 0) is 51.3 Å². The molecule has 25 heavy (non-hydrogen) atoms. The average molecular weight is 457 g/mol. The maximum atomic E-state index is 2.83. The van der Waals surface area contributed by atoms with Gasteiger partial charge in [-0.15, -0.1) is 24.0 Å². The molecule has 1 atom stereocenters. The van der Waals surface area contributed by atoms with E-state index in [1.54, 1.807) is 0 Å². The minimum atomic E-state index is 0. The van der Waals surface area contributed by atoms with Crippen LogP contribution in [-0.2, 0) is 6.42 Å². The lowest BCUT2D eigenvalue weighted by atomic mass is 9.85. The molecule has 0 aliphatic carbocycles. The van der Waals surface area contributed by atoms with Crippen LogP contribution < -0.4 is 0 Å². The number of likely N-dealkylation sites (tertiary alicyclic amines) is 1. The molecule has 1 fully saturated rings. The molecule has 0 aromatic heterocycles. The van der Waals surface area contributed by atoms with Crippen LogP contribution in [0.25, 0.3) is 0 Å². The predicted octanol–water partition coefficient (Wildman–Crippen LogP) is 7.23. The fraction of sp³-hybridized carbons (Fsp3) is 0.739. The van der Waals surface area contributed by atoms with Crippen molar-refractivity contribution < 1.29 is 0 Å². The van der Waals surface area contributed by atoms with E-state index in [-0.39, 0.29) is 24.0 Å². The zero-order chi connectivity index (χ0) is 17.1. The fourth-order valence-electron chi connectivity index (χ4n) is 4.29. The standard InChI is InChI=1S/C23H39N.HI/c1-3-4-5-6-7-13-18-23(2,21-22-16-11-10-12-17-22)24-19-14-8-9-15-20-24;/h10-12,16-17H,3-9,13-15,18-21H2,1-2H3;1H. The van der Waals surface area contributed by atoms with Gasteiger partial charge < -0.3 is 0 Å².